The van der Waals surface area contributed by atoms with Crippen LogP contribution in [0.15, 0.2) is 0 Å². The Bertz CT molecular complexity index is 193. The molecule has 96 valence electrons. The maximum Gasteiger partial charge on any atom is 0.416 e. The molecule has 0 bridgehead atoms. The first kappa shape index (κ1) is 13.7. The topological polar surface area (TPSA) is 18.5 Å². The molecular weight excluding hydrogens is 228 g/mol. The van der Waals surface area contributed by atoms with Crippen LogP contribution in [0.2, 0.25) is 0 Å². The minimum Gasteiger partial charge on any atom is -0.376 e. The van der Waals surface area contributed by atoms with E-state index in [4.69, 9.17) is 4.74 Å². The molecule has 0 saturated heterocycles. The van der Waals surface area contributed by atoms with E-state index in [0.717, 1.165) is 25.7 Å². The normalized spacial score (nSPS) is 19.3. The van der Waals surface area contributed by atoms with Gasteiger partial charge in [-0.05, 0) is 12.8 Å². The van der Waals surface area contributed by atoms with Crippen LogP contribution in [0.1, 0.15) is 32.1 Å². The highest BCUT2D eigenvalue weighted by Gasteiger charge is 2.42. The fourth-order valence-corrected chi connectivity index (χ4v) is 1.69. The third kappa shape index (κ3) is 4.65. The smallest absolute Gasteiger partial charge is 0.376 e. The molecule has 16 heavy (non-hydrogen) atoms. The Morgan fingerprint density at radius 1 is 1.06 bits per heavy atom. The average molecular weight is 244 g/mol. The molecule has 1 fully saturated rings. The van der Waals surface area contributed by atoms with Crippen LogP contribution < -0.4 is 0 Å². The van der Waals surface area contributed by atoms with E-state index in [-0.39, 0.29) is 12.7 Å². The van der Waals surface area contributed by atoms with E-state index in [1.807, 2.05) is 0 Å². The van der Waals surface area contributed by atoms with Crippen molar-refractivity contribution in [2.45, 2.75) is 50.7 Å². The van der Waals surface area contributed by atoms with E-state index < -0.39 is 19.1 Å². The third-order valence-corrected chi connectivity index (χ3v) is 2.54. The molecule has 0 amide bonds. The van der Waals surface area contributed by atoms with Gasteiger partial charge in [0.15, 0.2) is 0 Å². The number of ether oxygens (including phenoxy) is 2. The summed E-state index contributed by atoms with van der Waals surface area (Å²) in [5.41, 5.74) is 0. The molecule has 0 aromatic carbocycles. The molecule has 1 saturated carbocycles. The lowest BCUT2D eigenvalue weighted by Gasteiger charge is -2.22. The van der Waals surface area contributed by atoms with Crippen molar-refractivity contribution in [3.05, 3.63) is 0 Å². The van der Waals surface area contributed by atoms with Crippen molar-refractivity contribution in [1.82, 2.24) is 0 Å². The van der Waals surface area contributed by atoms with Crippen molar-refractivity contribution in [2.24, 2.45) is 0 Å². The van der Waals surface area contributed by atoms with Gasteiger partial charge in [0.05, 0.1) is 19.3 Å². The van der Waals surface area contributed by atoms with Crippen LogP contribution in [0.25, 0.3) is 0 Å². The third-order valence-electron chi connectivity index (χ3n) is 2.54. The summed E-state index contributed by atoms with van der Waals surface area (Å²) in [5, 5.41) is 0. The van der Waals surface area contributed by atoms with E-state index in [1.165, 1.54) is 6.42 Å². The van der Waals surface area contributed by atoms with Gasteiger partial charge in [-0.1, -0.05) is 19.3 Å². The average Bonchev–Trinajstić information content (AvgIpc) is 2.26. The van der Waals surface area contributed by atoms with E-state index in [9.17, 15) is 17.6 Å². The van der Waals surface area contributed by atoms with Crippen molar-refractivity contribution < 1.29 is 27.0 Å². The molecular formula is C10H16F4O2. The number of hydrogen-bond acceptors (Lipinski definition) is 2. The highest BCUT2D eigenvalue weighted by atomic mass is 19.3. The van der Waals surface area contributed by atoms with Crippen LogP contribution in [0.4, 0.5) is 17.6 Å². The second-order valence-corrected chi connectivity index (χ2v) is 3.84. The van der Waals surface area contributed by atoms with Crippen LogP contribution in [-0.4, -0.2) is 31.9 Å². The van der Waals surface area contributed by atoms with Crippen LogP contribution >= 0.6 is 0 Å². The van der Waals surface area contributed by atoms with Gasteiger partial charge in [-0.3, -0.25) is 0 Å². The molecule has 0 unspecified atom stereocenters. The van der Waals surface area contributed by atoms with Gasteiger partial charge >= 0.3 is 12.5 Å². The van der Waals surface area contributed by atoms with Gasteiger partial charge in [0.25, 0.3) is 0 Å². The predicted octanol–water partition coefficient (Wildman–Crippen LogP) is 3.21. The molecule has 2 nitrogen and oxygen atoms in total. The first-order valence-electron chi connectivity index (χ1n) is 5.44. The van der Waals surface area contributed by atoms with E-state index in [0.29, 0.717) is 0 Å². The SMILES string of the molecule is FC(F)C(F)(F)OCCOC1CCCCC1. The zero-order valence-electron chi connectivity index (χ0n) is 8.93. The van der Waals surface area contributed by atoms with Crippen molar-refractivity contribution in [3.8, 4) is 0 Å². The van der Waals surface area contributed by atoms with Gasteiger partial charge in [-0.15, -0.1) is 0 Å². The van der Waals surface area contributed by atoms with Crippen LogP contribution in [0.5, 0.6) is 0 Å². The van der Waals surface area contributed by atoms with Crippen LogP contribution in [0.3, 0.4) is 0 Å². The first-order chi connectivity index (χ1) is 7.52. The van der Waals surface area contributed by atoms with Crippen molar-refractivity contribution in [3.63, 3.8) is 0 Å². The Labute approximate surface area is 91.9 Å². The molecule has 0 aromatic heterocycles. The lowest BCUT2D eigenvalue weighted by atomic mass is 9.98. The summed E-state index contributed by atoms with van der Waals surface area (Å²) in [6, 6.07) is 0. The predicted molar refractivity (Wildman–Crippen MR) is 49.7 cm³/mol. The van der Waals surface area contributed by atoms with Gasteiger partial charge in [-0.2, -0.15) is 8.78 Å². The number of halogens is 4. The van der Waals surface area contributed by atoms with Crippen molar-refractivity contribution >= 4 is 0 Å². The van der Waals surface area contributed by atoms with Crippen LogP contribution in [0, 0.1) is 0 Å². The summed E-state index contributed by atoms with van der Waals surface area (Å²) in [4.78, 5) is 0. The molecule has 0 aliphatic heterocycles. The number of hydrogen-bond donors (Lipinski definition) is 0. The van der Waals surface area contributed by atoms with Gasteiger partial charge in [0.2, 0.25) is 0 Å². The van der Waals surface area contributed by atoms with Crippen molar-refractivity contribution in [1.29, 1.82) is 0 Å². The molecule has 0 aromatic rings. The zero-order valence-corrected chi connectivity index (χ0v) is 8.93. The zero-order chi connectivity index (χ0) is 12.0. The highest BCUT2D eigenvalue weighted by molar-refractivity contribution is 4.65. The summed E-state index contributed by atoms with van der Waals surface area (Å²) in [6.07, 6.45) is -2.97. The largest absolute Gasteiger partial charge is 0.416 e. The minimum atomic E-state index is -4.37. The summed E-state index contributed by atoms with van der Waals surface area (Å²) in [7, 11) is 0. The highest BCUT2D eigenvalue weighted by Crippen LogP contribution is 2.24. The Morgan fingerprint density at radius 2 is 1.69 bits per heavy atom. The second kappa shape index (κ2) is 6.39. The molecule has 1 aliphatic rings. The fourth-order valence-electron chi connectivity index (χ4n) is 1.69. The maximum atomic E-state index is 12.3. The molecule has 0 atom stereocenters. The summed E-state index contributed by atoms with van der Waals surface area (Å²) in [6.45, 7) is -0.569. The second-order valence-electron chi connectivity index (χ2n) is 3.84. The van der Waals surface area contributed by atoms with E-state index in [2.05, 4.69) is 4.74 Å². The van der Waals surface area contributed by atoms with Gasteiger partial charge in [-0.25, -0.2) is 8.78 Å². The van der Waals surface area contributed by atoms with E-state index in [1.54, 1.807) is 0 Å². The Kier molecular flexibility index (Phi) is 5.48. The lowest BCUT2D eigenvalue weighted by Crippen LogP contribution is -2.32. The summed E-state index contributed by atoms with van der Waals surface area (Å²) >= 11 is 0. The number of rotatable bonds is 6. The van der Waals surface area contributed by atoms with Crippen molar-refractivity contribution in [2.75, 3.05) is 13.2 Å². The molecule has 0 N–H and O–H groups in total. The van der Waals surface area contributed by atoms with Gasteiger partial charge < -0.3 is 9.47 Å². The minimum absolute atomic E-state index is 0.0625. The Morgan fingerprint density at radius 3 is 2.25 bits per heavy atom. The maximum absolute atomic E-state index is 12.3. The van der Waals surface area contributed by atoms with Crippen LogP contribution in [-0.2, 0) is 9.47 Å². The Hall–Kier alpha value is -0.360. The molecule has 6 heteroatoms. The molecule has 1 rings (SSSR count). The fraction of sp³-hybridized carbons (Fsp3) is 1.00. The first-order valence-corrected chi connectivity index (χ1v) is 5.44. The van der Waals surface area contributed by atoms with E-state index >= 15 is 0 Å². The van der Waals surface area contributed by atoms with Gasteiger partial charge in [0, 0.05) is 0 Å². The monoisotopic (exact) mass is 244 g/mol. The lowest BCUT2D eigenvalue weighted by molar-refractivity contribution is -0.303. The molecule has 0 heterocycles. The Balaban J connectivity index is 2.06. The summed E-state index contributed by atoms with van der Waals surface area (Å²) < 4.78 is 57.0. The quantitative estimate of drug-likeness (QED) is 0.527. The molecule has 1 aliphatic carbocycles. The molecule has 0 radical (unpaired) electrons. The standard InChI is InChI=1S/C10H16F4O2/c11-9(12)10(13,14)16-7-6-15-8-4-2-1-3-5-8/h8-9H,1-7H2. The number of alkyl halides is 4. The van der Waals surface area contributed by atoms with Gasteiger partial charge in [0.1, 0.15) is 0 Å². The molecule has 0 spiro atoms. The summed E-state index contributed by atoms with van der Waals surface area (Å²) in [5.74, 6) is 0.